The van der Waals surface area contributed by atoms with Crippen molar-refractivity contribution in [2.75, 3.05) is 7.11 Å². The molecular weight excluding hydrogens is 434 g/mol. The molecule has 0 bridgehead atoms. The number of nitrogens with zero attached hydrogens (tertiary/aromatic N) is 1. The molecule has 1 aromatic heterocycles. The van der Waals surface area contributed by atoms with E-state index in [2.05, 4.69) is 15.8 Å². The van der Waals surface area contributed by atoms with Crippen LogP contribution in [-0.4, -0.2) is 30.0 Å². The highest BCUT2D eigenvalue weighted by molar-refractivity contribution is 5.99. The molecule has 0 aliphatic rings. The molecule has 2 aromatic carbocycles. The summed E-state index contributed by atoms with van der Waals surface area (Å²) in [5, 5.41) is 0. The second-order valence-electron chi connectivity index (χ2n) is 8.03. The summed E-state index contributed by atoms with van der Waals surface area (Å²) in [6.45, 7) is 7.92. The Labute approximate surface area is 199 Å². The van der Waals surface area contributed by atoms with Gasteiger partial charge >= 0.3 is 0 Å². The number of amides is 2. The van der Waals surface area contributed by atoms with E-state index >= 15 is 0 Å². The Hall–Kier alpha value is -4.07. The molecule has 0 spiro atoms. The van der Waals surface area contributed by atoms with Crippen LogP contribution in [0.2, 0.25) is 0 Å². The quantitative estimate of drug-likeness (QED) is 0.487. The van der Waals surface area contributed by atoms with Crippen LogP contribution in [0.15, 0.2) is 54.9 Å². The van der Waals surface area contributed by atoms with E-state index in [9.17, 15) is 9.59 Å². The minimum Gasteiger partial charge on any atom is -0.493 e. The van der Waals surface area contributed by atoms with Crippen molar-refractivity contribution in [2.45, 2.75) is 40.4 Å². The Balaban J connectivity index is 1.63. The molecule has 0 fully saturated rings. The highest BCUT2D eigenvalue weighted by atomic mass is 16.5. The van der Waals surface area contributed by atoms with Gasteiger partial charge in [0, 0.05) is 29.1 Å². The van der Waals surface area contributed by atoms with Gasteiger partial charge in [-0.05, 0) is 75.2 Å². The summed E-state index contributed by atoms with van der Waals surface area (Å²) >= 11 is 0. The van der Waals surface area contributed by atoms with E-state index in [1.54, 1.807) is 42.7 Å². The lowest BCUT2D eigenvalue weighted by Crippen LogP contribution is -2.41. The number of ether oxygens (including phenoxy) is 3. The molecule has 0 saturated carbocycles. The van der Waals surface area contributed by atoms with Gasteiger partial charge in [0.25, 0.3) is 11.8 Å². The standard InChI is InChI=1S/C26H29N3O5/c1-16(2)34-22-9-8-20(13-23(22)32-5)25(30)28-29-26(31)21-11-17(3)24(18(4)12-21)33-15-19-7-6-10-27-14-19/h6-14,16H,15H2,1-5H3,(H,28,30)(H,29,31). The van der Waals surface area contributed by atoms with Gasteiger partial charge in [-0.3, -0.25) is 25.4 Å². The number of pyridine rings is 1. The average molecular weight is 464 g/mol. The van der Waals surface area contributed by atoms with E-state index in [0.717, 1.165) is 16.7 Å². The number of hydrogen-bond donors (Lipinski definition) is 2. The molecule has 8 heteroatoms. The van der Waals surface area contributed by atoms with Gasteiger partial charge in [0.05, 0.1) is 13.2 Å². The maximum Gasteiger partial charge on any atom is 0.269 e. The minimum atomic E-state index is -0.479. The van der Waals surface area contributed by atoms with Crippen LogP contribution >= 0.6 is 0 Å². The Bertz CT molecular complexity index is 1140. The van der Waals surface area contributed by atoms with E-state index in [1.807, 2.05) is 39.8 Å². The van der Waals surface area contributed by atoms with Crippen molar-refractivity contribution >= 4 is 11.8 Å². The van der Waals surface area contributed by atoms with Crippen LogP contribution in [0, 0.1) is 13.8 Å². The number of benzene rings is 2. The highest BCUT2D eigenvalue weighted by Crippen LogP contribution is 2.29. The average Bonchev–Trinajstić information content (AvgIpc) is 2.82. The number of methoxy groups -OCH3 is 1. The number of rotatable bonds is 8. The molecule has 0 saturated heterocycles. The summed E-state index contributed by atoms with van der Waals surface area (Å²) in [4.78, 5) is 29.3. The molecule has 0 aliphatic heterocycles. The van der Waals surface area contributed by atoms with Gasteiger partial charge in [0.15, 0.2) is 11.5 Å². The predicted octanol–water partition coefficient (Wildman–Crippen LogP) is 4.15. The molecule has 178 valence electrons. The summed E-state index contributed by atoms with van der Waals surface area (Å²) in [5.41, 5.74) is 8.19. The van der Waals surface area contributed by atoms with E-state index in [0.29, 0.717) is 35.0 Å². The van der Waals surface area contributed by atoms with Crippen LogP contribution in [0.25, 0.3) is 0 Å². The number of hydrogen-bond acceptors (Lipinski definition) is 6. The van der Waals surface area contributed by atoms with Crippen LogP contribution in [0.3, 0.4) is 0 Å². The van der Waals surface area contributed by atoms with E-state index in [1.165, 1.54) is 7.11 Å². The normalized spacial score (nSPS) is 10.5. The van der Waals surface area contributed by atoms with Gasteiger partial charge in [-0.15, -0.1) is 0 Å². The number of carbonyl (C=O) groups excluding carboxylic acids is 2. The van der Waals surface area contributed by atoms with E-state index in [4.69, 9.17) is 14.2 Å². The van der Waals surface area contributed by atoms with E-state index in [-0.39, 0.29) is 6.10 Å². The van der Waals surface area contributed by atoms with Gasteiger partial charge in [-0.2, -0.15) is 0 Å². The Morgan fingerprint density at radius 2 is 1.62 bits per heavy atom. The Morgan fingerprint density at radius 1 is 0.941 bits per heavy atom. The molecule has 0 aliphatic carbocycles. The van der Waals surface area contributed by atoms with Crippen LogP contribution in [0.5, 0.6) is 17.2 Å². The number of nitrogens with one attached hydrogen (secondary N) is 2. The van der Waals surface area contributed by atoms with Crippen molar-refractivity contribution in [2.24, 2.45) is 0 Å². The molecule has 0 atom stereocenters. The van der Waals surface area contributed by atoms with Crippen molar-refractivity contribution in [3.63, 3.8) is 0 Å². The fourth-order valence-electron chi connectivity index (χ4n) is 3.37. The van der Waals surface area contributed by atoms with Crippen molar-refractivity contribution in [3.8, 4) is 17.2 Å². The maximum atomic E-state index is 12.7. The largest absolute Gasteiger partial charge is 0.493 e. The molecule has 3 rings (SSSR count). The Kier molecular flexibility index (Phi) is 8.08. The predicted molar refractivity (Wildman–Crippen MR) is 128 cm³/mol. The second-order valence-corrected chi connectivity index (χ2v) is 8.03. The zero-order valence-corrected chi connectivity index (χ0v) is 20.0. The monoisotopic (exact) mass is 463 g/mol. The first kappa shape index (κ1) is 24.6. The van der Waals surface area contributed by atoms with Gasteiger partial charge in [-0.25, -0.2) is 0 Å². The molecule has 2 amide bonds. The summed E-state index contributed by atoms with van der Waals surface area (Å²) in [6, 6.07) is 12.0. The number of carbonyl (C=O) groups is 2. The molecule has 1 heterocycles. The topological polar surface area (TPSA) is 98.8 Å². The lowest BCUT2D eigenvalue weighted by Gasteiger charge is -2.15. The number of aromatic nitrogens is 1. The zero-order chi connectivity index (χ0) is 24.7. The second kappa shape index (κ2) is 11.2. The van der Waals surface area contributed by atoms with Crippen molar-refractivity contribution in [3.05, 3.63) is 82.7 Å². The van der Waals surface area contributed by atoms with Crippen molar-refractivity contribution < 1.29 is 23.8 Å². The summed E-state index contributed by atoms with van der Waals surface area (Å²) in [7, 11) is 1.50. The minimum absolute atomic E-state index is 0.0353. The maximum absolute atomic E-state index is 12.7. The van der Waals surface area contributed by atoms with E-state index < -0.39 is 11.8 Å². The fraction of sp³-hybridized carbons (Fsp3) is 0.269. The molecule has 8 nitrogen and oxygen atoms in total. The van der Waals surface area contributed by atoms with Gasteiger partial charge in [0.2, 0.25) is 0 Å². The first-order chi connectivity index (χ1) is 16.3. The lowest BCUT2D eigenvalue weighted by molar-refractivity contribution is 0.0846. The van der Waals surface area contributed by atoms with Crippen LogP contribution in [0.4, 0.5) is 0 Å². The lowest BCUT2D eigenvalue weighted by atomic mass is 10.1. The first-order valence-corrected chi connectivity index (χ1v) is 10.9. The van der Waals surface area contributed by atoms with Crippen LogP contribution < -0.4 is 25.1 Å². The fourth-order valence-corrected chi connectivity index (χ4v) is 3.37. The smallest absolute Gasteiger partial charge is 0.269 e. The van der Waals surface area contributed by atoms with Crippen molar-refractivity contribution in [1.82, 2.24) is 15.8 Å². The summed E-state index contributed by atoms with van der Waals surface area (Å²) in [5.74, 6) is 0.758. The summed E-state index contributed by atoms with van der Waals surface area (Å²) < 4.78 is 16.9. The molecule has 2 N–H and O–H groups in total. The van der Waals surface area contributed by atoms with Crippen LogP contribution in [-0.2, 0) is 6.61 Å². The van der Waals surface area contributed by atoms with Gasteiger partial charge in [0.1, 0.15) is 12.4 Å². The first-order valence-electron chi connectivity index (χ1n) is 10.9. The molecule has 3 aromatic rings. The third kappa shape index (κ3) is 6.25. The molecule has 0 unspecified atom stereocenters. The third-order valence-corrected chi connectivity index (χ3v) is 4.91. The molecular formula is C26H29N3O5. The third-order valence-electron chi connectivity index (χ3n) is 4.91. The number of hydrazine groups is 1. The van der Waals surface area contributed by atoms with Gasteiger partial charge in [-0.1, -0.05) is 6.07 Å². The Morgan fingerprint density at radius 3 is 2.21 bits per heavy atom. The zero-order valence-electron chi connectivity index (χ0n) is 20.0. The molecule has 0 radical (unpaired) electrons. The summed E-state index contributed by atoms with van der Waals surface area (Å²) in [6.07, 6.45) is 3.42. The van der Waals surface area contributed by atoms with Gasteiger partial charge < -0.3 is 14.2 Å². The highest BCUT2D eigenvalue weighted by Gasteiger charge is 2.15. The van der Waals surface area contributed by atoms with Crippen molar-refractivity contribution in [1.29, 1.82) is 0 Å². The number of aryl methyl sites for hydroxylation is 2. The SMILES string of the molecule is COc1cc(C(=O)NNC(=O)c2cc(C)c(OCc3cccnc3)c(C)c2)ccc1OC(C)C. The van der Waals surface area contributed by atoms with Crippen LogP contribution in [0.1, 0.15) is 51.3 Å². The molecule has 34 heavy (non-hydrogen) atoms.